The third kappa shape index (κ3) is 5.74. The number of benzene rings is 2. The van der Waals surface area contributed by atoms with E-state index in [9.17, 15) is 13.2 Å². The highest BCUT2D eigenvalue weighted by Gasteiger charge is 2.28. The predicted octanol–water partition coefficient (Wildman–Crippen LogP) is 4.24. The van der Waals surface area contributed by atoms with Gasteiger partial charge in [-0.3, -0.25) is 4.79 Å². The molecule has 0 spiro atoms. The molecular weight excluding hydrogens is 452 g/mol. The number of carbonyl (C=O) groups is 1. The van der Waals surface area contributed by atoms with Crippen LogP contribution in [0.25, 0.3) is 0 Å². The lowest BCUT2D eigenvalue weighted by atomic mass is 10.1. The standard InChI is InChI=1S/C23H29ClN2O5S/c1-3-31-20-11-8-17(14-21(20)30-2)16-25-23(27)18-9-10-19(24)22(15-18)32(28,29)26-12-6-4-5-7-13-26/h8-11,14-15H,3-7,12-13,16H2,1-2H3,(H,25,27). The molecular formula is C23H29ClN2O5S. The van der Waals surface area contributed by atoms with Gasteiger partial charge in [-0.05, 0) is 55.7 Å². The van der Waals surface area contributed by atoms with Crippen molar-refractivity contribution in [1.29, 1.82) is 0 Å². The SMILES string of the molecule is CCOc1ccc(CNC(=O)c2ccc(Cl)c(S(=O)(=O)N3CCCCCC3)c2)cc1OC. The number of rotatable bonds is 8. The lowest BCUT2D eigenvalue weighted by molar-refractivity contribution is 0.0950. The second kappa shape index (κ2) is 11.0. The van der Waals surface area contributed by atoms with Crippen molar-refractivity contribution in [2.24, 2.45) is 0 Å². The Balaban J connectivity index is 1.75. The van der Waals surface area contributed by atoms with E-state index in [-0.39, 0.29) is 27.9 Å². The van der Waals surface area contributed by atoms with Gasteiger partial charge in [0.2, 0.25) is 10.0 Å². The molecule has 0 aromatic heterocycles. The van der Waals surface area contributed by atoms with E-state index in [4.69, 9.17) is 21.1 Å². The number of hydrogen-bond donors (Lipinski definition) is 1. The Morgan fingerprint density at radius 2 is 1.78 bits per heavy atom. The van der Waals surface area contributed by atoms with Crippen LogP contribution in [0.1, 0.15) is 48.5 Å². The Morgan fingerprint density at radius 3 is 2.44 bits per heavy atom. The maximum absolute atomic E-state index is 13.2. The number of methoxy groups -OCH3 is 1. The zero-order valence-corrected chi connectivity index (χ0v) is 20.0. The first kappa shape index (κ1) is 24.4. The van der Waals surface area contributed by atoms with Crippen molar-refractivity contribution in [1.82, 2.24) is 9.62 Å². The summed E-state index contributed by atoms with van der Waals surface area (Å²) in [5.41, 5.74) is 1.06. The van der Waals surface area contributed by atoms with Gasteiger partial charge < -0.3 is 14.8 Å². The molecule has 2 aromatic carbocycles. The first-order valence-electron chi connectivity index (χ1n) is 10.7. The van der Waals surface area contributed by atoms with Gasteiger partial charge in [0.1, 0.15) is 4.90 Å². The maximum Gasteiger partial charge on any atom is 0.251 e. The third-order valence-corrected chi connectivity index (χ3v) is 7.74. The van der Waals surface area contributed by atoms with Gasteiger partial charge in [-0.25, -0.2) is 8.42 Å². The minimum absolute atomic E-state index is 0.0311. The molecule has 32 heavy (non-hydrogen) atoms. The molecule has 0 aliphatic carbocycles. The highest BCUT2D eigenvalue weighted by Crippen LogP contribution is 2.29. The number of amides is 1. The fourth-order valence-electron chi connectivity index (χ4n) is 3.64. The Morgan fingerprint density at radius 1 is 1.06 bits per heavy atom. The molecule has 1 heterocycles. The summed E-state index contributed by atoms with van der Waals surface area (Å²) in [6.07, 6.45) is 3.67. The number of halogens is 1. The molecule has 174 valence electrons. The highest BCUT2D eigenvalue weighted by molar-refractivity contribution is 7.89. The Bertz CT molecular complexity index is 1050. The van der Waals surface area contributed by atoms with E-state index in [1.807, 2.05) is 13.0 Å². The molecule has 1 N–H and O–H groups in total. The summed E-state index contributed by atoms with van der Waals surface area (Å²) in [7, 11) is -2.21. The minimum atomic E-state index is -3.77. The number of carbonyl (C=O) groups excluding carboxylic acids is 1. The van der Waals surface area contributed by atoms with E-state index in [1.54, 1.807) is 19.2 Å². The van der Waals surface area contributed by atoms with E-state index in [2.05, 4.69) is 5.32 Å². The van der Waals surface area contributed by atoms with Gasteiger partial charge in [-0.1, -0.05) is 30.5 Å². The minimum Gasteiger partial charge on any atom is -0.493 e. The molecule has 1 amide bonds. The van der Waals surface area contributed by atoms with Gasteiger partial charge >= 0.3 is 0 Å². The second-order valence-electron chi connectivity index (χ2n) is 7.56. The molecule has 0 bridgehead atoms. The molecule has 0 radical (unpaired) electrons. The van der Waals surface area contributed by atoms with Crippen LogP contribution in [0.5, 0.6) is 11.5 Å². The summed E-state index contributed by atoms with van der Waals surface area (Å²) in [5, 5.41) is 2.93. The normalized spacial score (nSPS) is 15.1. The molecule has 0 unspecified atom stereocenters. The van der Waals surface area contributed by atoms with Gasteiger partial charge in [0.25, 0.3) is 5.91 Å². The summed E-state index contributed by atoms with van der Waals surface area (Å²) >= 11 is 6.23. The maximum atomic E-state index is 13.2. The van der Waals surface area contributed by atoms with Crippen molar-refractivity contribution in [3.63, 3.8) is 0 Å². The van der Waals surface area contributed by atoms with Crippen molar-refractivity contribution in [2.45, 2.75) is 44.0 Å². The van der Waals surface area contributed by atoms with Crippen LogP contribution >= 0.6 is 11.6 Å². The summed E-state index contributed by atoms with van der Waals surface area (Å²) in [4.78, 5) is 12.7. The van der Waals surface area contributed by atoms with Gasteiger partial charge in [0, 0.05) is 25.2 Å². The third-order valence-electron chi connectivity index (χ3n) is 5.36. The van der Waals surface area contributed by atoms with Crippen LogP contribution in [-0.2, 0) is 16.6 Å². The molecule has 0 saturated carbocycles. The molecule has 7 nitrogen and oxygen atoms in total. The van der Waals surface area contributed by atoms with E-state index in [1.165, 1.54) is 22.5 Å². The fourth-order valence-corrected chi connectivity index (χ4v) is 5.66. The number of hydrogen-bond acceptors (Lipinski definition) is 5. The number of nitrogens with zero attached hydrogens (tertiary/aromatic N) is 1. The summed E-state index contributed by atoms with van der Waals surface area (Å²) < 4.78 is 38.6. The molecule has 1 saturated heterocycles. The average molecular weight is 481 g/mol. The topological polar surface area (TPSA) is 84.9 Å². The van der Waals surface area contributed by atoms with Crippen molar-refractivity contribution >= 4 is 27.5 Å². The van der Waals surface area contributed by atoms with Crippen LogP contribution in [0.3, 0.4) is 0 Å². The molecule has 9 heteroatoms. The Kier molecular flexibility index (Phi) is 8.39. The highest BCUT2D eigenvalue weighted by atomic mass is 35.5. The first-order valence-corrected chi connectivity index (χ1v) is 12.6. The number of nitrogens with one attached hydrogen (secondary N) is 1. The molecule has 1 aliphatic heterocycles. The van der Waals surface area contributed by atoms with E-state index < -0.39 is 10.0 Å². The zero-order chi connectivity index (χ0) is 23.1. The average Bonchev–Trinajstić information content (AvgIpc) is 3.09. The Labute approximate surface area is 194 Å². The monoisotopic (exact) mass is 480 g/mol. The van der Waals surface area contributed by atoms with Crippen molar-refractivity contribution < 1.29 is 22.7 Å². The van der Waals surface area contributed by atoms with Crippen molar-refractivity contribution in [2.75, 3.05) is 26.8 Å². The molecule has 1 fully saturated rings. The summed E-state index contributed by atoms with van der Waals surface area (Å²) in [6, 6.07) is 9.76. The smallest absolute Gasteiger partial charge is 0.251 e. The van der Waals surface area contributed by atoms with E-state index in [0.29, 0.717) is 31.2 Å². The Hall–Kier alpha value is -2.29. The van der Waals surface area contributed by atoms with Crippen molar-refractivity contribution in [3.05, 3.63) is 52.5 Å². The van der Waals surface area contributed by atoms with Crippen LogP contribution in [0.4, 0.5) is 0 Å². The molecule has 0 atom stereocenters. The second-order valence-corrected chi connectivity index (χ2v) is 9.88. The molecule has 1 aliphatic rings. The van der Waals surface area contributed by atoms with E-state index >= 15 is 0 Å². The van der Waals surface area contributed by atoms with Crippen LogP contribution in [0, 0.1) is 0 Å². The predicted molar refractivity (Wildman–Crippen MR) is 124 cm³/mol. The van der Waals surface area contributed by atoms with Crippen LogP contribution < -0.4 is 14.8 Å². The van der Waals surface area contributed by atoms with Crippen LogP contribution in [0.15, 0.2) is 41.3 Å². The zero-order valence-electron chi connectivity index (χ0n) is 18.4. The quantitative estimate of drug-likeness (QED) is 0.610. The van der Waals surface area contributed by atoms with Crippen LogP contribution in [0.2, 0.25) is 5.02 Å². The van der Waals surface area contributed by atoms with Gasteiger partial charge in [0.15, 0.2) is 11.5 Å². The lowest BCUT2D eigenvalue weighted by Gasteiger charge is -2.21. The van der Waals surface area contributed by atoms with E-state index in [0.717, 1.165) is 31.2 Å². The summed E-state index contributed by atoms with van der Waals surface area (Å²) in [6.45, 7) is 3.59. The molecule has 2 aromatic rings. The fraction of sp³-hybridized carbons (Fsp3) is 0.435. The largest absolute Gasteiger partial charge is 0.493 e. The van der Waals surface area contributed by atoms with Crippen LogP contribution in [-0.4, -0.2) is 45.4 Å². The molecule has 3 rings (SSSR count). The van der Waals surface area contributed by atoms with Crippen molar-refractivity contribution in [3.8, 4) is 11.5 Å². The van der Waals surface area contributed by atoms with Gasteiger partial charge in [-0.15, -0.1) is 0 Å². The number of sulfonamides is 1. The van der Waals surface area contributed by atoms with Gasteiger partial charge in [0.05, 0.1) is 18.7 Å². The summed E-state index contributed by atoms with van der Waals surface area (Å²) in [5.74, 6) is 0.823. The lowest BCUT2D eigenvalue weighted by Crippen LogP contribution is -2.32. The number of ether oxygens (including phenoxy) is 2. The van der Waals surface area contributed by atoms with Gasteiger partial charge in [-0.2, -0.15) is 4.31 Å². The first-order chi connectivity index (χ1) is 15.4.